The van der Waals surface area contributed by atoms with Crippen LogP contribution in [-0.4, -0.2) is 50.4 Å². The molecule has 1 aliphatic rings. The molecule has 1 fully saturated rings. The molecular weight excluding hydrogens is 504 g/mol. The Bertz CT molecular complexity index is 1460. The minimum Gasteiger partial charge on any atom is -0.369 e. The van der Waals surface area contributed by atoms with Crippen molar-refractivity contribution in [1.82, 2.24) is 14.6 Å². The summed E-state index contributed by atoms with van der Waals surface area (Å²) in [7, 11) is -4.01. The molecule has 1 saturated heterocycles. The van der Waals surface area contributed by atoms with E-state index < -0.39 is 15.9 Å². The molecule has 1 aromatic heterocycles. The molecule has 0 aliphatic carbocycles. The van der Waals surface area contributed by atoms with Gasteiger partial charge in [-0.1, -0.05) is 60.7 Å². The SMILES string of the molecule is Cc1nc(-c2ccccc2)sc1C(=O)NS(=O)(=O)c1ccc(CN2CCN(c3ccccc3)CC2)cc1. The predicted molar refractivity (Wildman–Crippen MR) is 147 cm³/mol. The number of thiazole rings is 1. The highest BCUT2D eigenvalue weighted by molar-refractivity contribution is 7.90. The summed E-state index contributed by atoms with van der Waals surface area (Å²) in [6, 6.07) is 26.6. The molecule has 2 heterocycles. The lowest BCUT2D eigenvalue weighted by Crippen LogP contribution is -2.45. The molecule has 0 radical (unpaired) electrons. The minimum absolute atomic E-state index is 0.0592. The van der Waals surface area contributed by atoms with Gasteiger partial charge in [0.05, 0.1) is 10.6 Å². The Hall–Kier alpha value is -3.53. The van der Waals surface area contributed by atoms with Crippen molar-refractivity contribution >= 4 is 33.0 Å². The molecule has 0 spiro atoms. The van der Waals surface area contributed by atoms with Crippen LogP contribution in [0.4, 0.5) is 5.69 Å². The molecule has 0 saturated carbocycles. The number of rotatable bonds is 7. The average molecular weight is 533 g/mol. The van der Waals surface area contributed by atoms with E-state index in [1.54, 1.807) is 19.1 Å². The van der Waals surface area contributed by atoms with Gasteiger partial charge < -0.3 is 4.90 Å². The average Bonchev–Trinajstić information content (AvgIpc) is 3.32. The van der Waals surface area contributed by atoms with E-state index in [1.807, 2.05) is 48.5 Å². The number of aryl methyl sites for hydroxylation is 1. The fraction of sp³-hybridized carbons (Fsp3) is 0.214. The van der Waals surface area contributed by atoms with Gasteiger partial charge in [0.15, 0.2) is 0 Å². The second-order valence-electron chi connectivity index (χ2n) is 8.98. The molecule has 4 aromatic rings. The van der Waals surface area contributed by atoms with Gasteiger partial charge >= 0.3 is 0 Å². The van der Waals surface area contributed by atoms with Gasteiger partial charge in [0.2, 0.25) is 0 Å². The summed E-state index contributed by atoms with van der Waals surface area (Å²) in [6.07, 6.45) is 0. The quantitative estimate of drug-likeness (QED) is 0.376. The number of nitrogens with zero attached hydrogens (tertiary/aromatic N) is 3. The molecule has 1 aliphatic heterocycles. The summed E-state index contributed by atoms with van der Waals surface area (Å²) in [5, 5.41) is 0.676. The summed E-state index contributed by atoms with van der Waals surface area (Å²) in [5.41, 5.74) is 3.65. The molecule has 1 amide bonds. The molecule has 0 atom stereocenters. The van der Waals surface area contributed by atoms with Gasteiger partial charge in [-0.15, -0.1) is 11.3 Å². The number of sulfonamides is 1. The van der Waals surface area contributed by atoms with E-state index in [0.29, 0.717) is 10.7 Å². The normalized spacial score (nSPS) is 14.5. The first-order valence-corrected chi connectivity index (χ1v) is 14.4. The Labute approximate surface area is 221 Å². The maximum absolute atomic E-state index is 12.9. The van der Waals surface area contributed by atoms with Gasteiger partial charge in [-0.3, -0.25) is 9.69 Å². The lowest BCUT2D eigenvalue weighted by molar-refractivity contribution is 0.0984. The predicted octanol–water partition coefficient (Wildman–Crippen LogP) is 4.56. The molecule has 5 rings (SSSR count). The van der Waals surface area contributed by atoms with Crippen LogP contribution in [0.2, 0.25) is 0 Å². The second kappa shape index (κ2) is 10.8. The van der Waals surface area contributed by atoms with Gasteiger partial charge in [0.25, 0.3) is 15.9 Å². The third-order valence-electron chi connectivity index (χ3n) is 6.38. The number of anilines is 1. The number of benzene rings is 3. The number of nitrogens with one attached hydrogen (secondary N) is 1. The third-order valence-corrected chi connectivity index (χ3v) is 8.94. The van der Waals surface area contributed by atoms with E-state index >= 15 is 0 Å². The first-order valence-electron chi connectivity index (χ1n) is 12.1. The monoisotopic (exact) mass is 532 g/mol. The molecular formula is C28H28N4O3S2. The largest absolute Gasteiger partial charge is 0.369 e. The van der Waals surface area contributed by atoms with Gasteiger partial charge in [0, 0.05) is 44.0 Å². The number of piperazine rings is 1. The standard InChI is InChI=1S/C28H28N4O3S2/c1-21-26(36-28(29-21)23-8-4-2-5-9-23)27(33)30-37(34,35)25-14-12-22(13-15-25)20-31-16-18-32(19-17-31)24-10-6-3-7-11-24/h2-15H,16-20H2,1H3,(H,30,33). The van der Waals surface area contributed by atoms with Crippen molar-refractivity contribution in [3.05, 3.63) is 101 Å². The van der Waals surface area contributed by atoms with E-state index in [-0.39, 0.29) is 9.77 Å². The fourth-order valence-corrected chi connectivity index (χ4v) is 6.36. The van der Waals surface area contributed by atoms with Crippen molar-refractivity contribution < 1.29 is 13.2 Å². The minimum atomic E-state index is -4.01. The van der Waals surface area contributed by atoms with E-state index in [4.69, 9.17) is 0 Å². The van der Waals surface area contributed by atoms with Crippen LogP contribution in [0.25, 0.3) is 10.6 Å². The van der Waals surface area contributed by atoms with Crippen molar-refractivity contribution in [2.45, 2.75) is 18.4 Å². The maximum Gasteiger partial charge on any atom is 0.277 e. The zero-order valence-electron chi connectivity index (χ0n) is 20.5. The van der Waals surface area contributed by atoms with Gasteiger partial charge in [-0.05, 0) is 36.8 Å². The first kappa shape index (κ1) is 25.1. The first-order chi connectivity index (χ1) is 17.9. The number of amides is 1. The third kappa shape index (κ3) is 5.90. The highest BCUT2D eigenvalue weighted by Crippen LogP contribution is 2.28. The molecule has 3 aromatic carbocycles. The van der Waals surface area contributed by atoms with Crippen molar-refractivity contribution in [3.63, 3.8) is 0 Å². The molecule has 1 N–H and O–H groups in total. The Balaban J connectivity index is 1.19. The number of carbonyl (C=O) groups is 1. The Morgan fingerprint density at radius 1 is 0.892 bits per heavy atom. The van der Waals surface area contributed by atoms with Crippen molar-refractivity contribution in [2.75, 3.05) is 31.1 Å². The van der Waals surface area contributed by atoms with Crippen LogP contribution in [0, 0.1) is 6.92 Å². The van der Waals surface area contributed by atoms with E-state index in [9.17, 15) is 13.2 Å². The van der Waals surface area contributed by atoms with Gasteiger partial charge in [-0.2, -0.15) is 0 Å². The summed E-state index contributed by atoms with van der Waals surface area (Å²) in [5.74, 6) is -0.669. The van der Waals surface area contributed by atoms with Gasteiger partial charge in [0.1, 0.15) is 9.88 Å². The van der Waals surface area contributed by atoms with Crippen LogP contribution >= 0.6 is 11.3 Å². The van der Waals surface area contributed by atoms with Crippen molar-refractivity contribution in [1.29, 1.82) is 0 Å². The number of hydrogen-bond donors (Lipinski definition) is 1. The summed E-state index contributed by atoms with van der Waals surface area (Å²) in [6.45, 7) is 6.22. The Morgan fingerprint density at radius 3 is 2.16 bits per heavy atom. The number of carbonyl (C=O) groups excluding carboxylic acids is 1. The van der Waals surface area contributed by atoms with E-state index in [0.717, 1.165) is 43.9 Å². The van der Waals surface area contributed by atoms with Crippen molar-refractivity contribution in [2.24, 2.45) is 0 Å². The smallest absolute Gasteiger partial charge is 0.277 e. The van der Waals surface area contributed by atoms with Crippen LogP contribution in [0.3, 0.4) is 0 Å². The van der Waals surface area contributed by atoms with Crippen LogP contribution in [-0.2, 0) is 16.6 Å². The van der Waals surface area contributed by atoms with Crippen LogP contribution in [0.5, 0.6) is 0 Å². The highest BCUT2D eigenvalue weighted by atomic mass is 32.2. The summed E-state index contributed by atoms with van der Waals surface area (Å²) >= 11 is 1.18. The molecule has 37 heavy (non-hydrogen) atoms. The fourth-order valence-electron chi connectivity index (χ4n) is 4.37. The number of para-hydroxylation sites is 1. The Kier molecular flexibility index (Phi) is 7.36. The maximum atomic E-state index is 12.9. The highest BCUT2D eigenvalue weighted by Gasteiger charge is 2.23. The molecule has 190 valence electrons. The summed E-state index contributed by atoms with van der Waals surface area (Å²) in [4.78, 5) is 22.4. The lowest BCUT2D eigenvalue weighted by Gasteiger charge is -2.36. The molecule has 7 nitrogen and oxygen atoms in total. The van der Waals surface area contributed by atoms with Crippen LogP contribution in [0.15, 0.2) is 89.8 Å². The van der Waals surface area contributed by atoms with Crippen LogP contribution < -0.4 is 9.62 Å². The van der Waals surface area contributed by atoms with Crippen LogP contribution in [0.1, 0.15) is 20.9 Å². The zero-order valence-corrected chi connectivity index (χ0v) is 22.1. The zero-order chi connectivity index (χ0) is 25.8. The molecule has 9 heteroatoms. The number of aromatic nitrogens is 1. The molecule has 0 unspecified atom stereocenters. The topological polar surface area (TPSA) is 82.6 Å². The number of hydrogen-bond acceptors (Lipinski definition) is 7. The van der Waals surface area contributed by atoms with E-state index in [1.165, 1.54) is 17.0 Å². The van der Waals surface area contributed by atoms with Gasteiger partial charge in [-0.25, -0.2) is 18.1 Å². The molecule has 0 bridgehead atoms. The lowest BCUT2D eigenvalue weighted by atomic mass is 10.2. The van der Waals surface area contributed by atoms with Crippen molar-refractivity contribution in [3.8, 4) is 10.6 Å². The summed E-state index contributed by atoms with van der Waals surface area (Å²) < 4.78 is 28.0. The Morgan fingerprint density at radius 2 is 1.51 bits per heavy atom. The second-order valence-corrected chi connectivity index (χ2v) is 11.7. The van der Waals surface area contributed by atoms with E-state index in [2.05, 4.69) is 43.8 Å².